The van der Waals surface area contributed by atoms with Crippen LogP contribution in [0, 0.1) is 11.8 Å². The number of esters is 2. The quantitative estimate of drug-likeness (QED) is 0.0199. The molecule has 14 heteroatoms. The molecule has 0 saturated heterocycles. The van der Waals surface area contributed by atoms with Crippen molar-refractivity contribution in [3.8, 4) is 0 Å². The van der Waals surface area contributed by atoms with Crippen molar-refractivity contribution in [3.05, 3.63) is 48.6 Å². The van der Waals surface area contributed by atoms with Crippen LogP contribution in [0.4, 0.5) is 0 Å². The molecule has 6 atom stereocenters. The summed E-state index contributed by atoms with van der Waals surface area (Å²) in [4.78, 5) is 58.5. The maximum Gasteiger partial charge on any atom is 0.472 e. The number of aliphatic hydroxyl groups is 1. The Balaban J connectivity index is 2.48. The minimum atomic E-state index is -4.77. The lowest BCUT2D eigenvalue weighted by molar-refractivity contribution is -0.161. The Kier molecular flexibility index (Phi) is 31.0. The Hall–Kier alpha value is -2.93. The normalized spacial score (nSPS) is 18.3. The number of carbonyl (C=O) groups is 4. The molecular formula is C44H74NO12P. The number of hydrogen-bond donors (Lipinski definition) is 4. The summed E-state index contributed by atoms with van der Waals surface area (Å²) in [6.45, 7) is 2.48. The first-order chi connectivity index (χ1) is 27.9. The van der Waals surface area contributed by atoms with Gasteiger partial charge in [0.2, 0.25) is 0 Å². The Morgan fingerprint density at radius 3 is 2.02 bits per heavy atom. The Morgan fingerprint density at radius 1 is 0.776 bits per heavy atom. The fourth-order valence-electron chi connectivity index (χ4n) is 6.23. The van der Waals surface area contributed by atoms with E-state index in [9.17, 15) is 33.7 Å². The first kappa shape index (κ1) is 53.1. The van der Waals surface area contributed by atoms with Crippen LogP contribution in [0.25, 0.3) is 0 Å². The average molecular weight is 840 g/mol. The third-order valence-electron chi connectivity index (χ3n) is 9.80. The molecular weight excluding hydrogens is 765 g/mol. The van der Waals surface area contributed by atoms with E-state index in [1.54, 1.807) is 12.2 Å². The molecule has 0 radical (unpaired) electrons. The van der Waals surface area contributed by atoms with Gasteiger partial charge in [-0.2, -0.15) is 0 Å². The number of nitrogens with two attached hydrogens (primary N) is 1. The van der Waals surface area contributed by atoms with E-state index in [-0.39, 0.29) is 30.5 Å². The van der Waals surface area contributed by atoms with Crippen molar-refractivity contribution in [2.45, 2.75) is 173 Å². The highest BCUT2D eigenvalue weighted by atomic mass is 31.2. The van der Waals surface area contributed by atoms with E-state index in [1.165, 1.54) is 38.5 Å². The van der Waals surface area contributed by atoms with E-state index in [2.05, 4.69) is 30.5 Å². The number of aliphatic hydroxyl groups excluding tert-OH is 1. The van der Waals surface area contributed by atoms with Crippen molar-refractivity contribution in [2.75, 3.05) is 19.8 Å². The van der Waals surface area contributed by atoms with Crippen molar-refractivity contribution in [1.29, 1.82) is 0 Å². The van der Waals surface area contributed by atoms with Crippen LogP contribution in [0.3, 0.4) is 0 Å². The smallest absolute Gasteiger partial charge is 0.472 e. The van der Waals surface area contributed by atoms with Gasteiger partial charge in [-0.1, -0.05) is 127 Å². The van der Waals surface area contributed by atoms with E-state index < -0.39 is 63.8 Å². The van der Waals surface area contributed by atoms with E-state index in [4.69, 9.17) is 24.8 Å². The highest BCUT2D eigenvalue weighted by molar-refractivity contribution is 7.47. The van der Waals surface area contributed by atoms with Crippen LogP contribution in [0.5, 0.6) is 0 Å². The summed E-state index contributed by atoms with van der Waals surface area (Å²) < 4.78 is 32.6. The molecule has 332 valence electrons. The monoisotopic (exact) mass is 839 g/mol. The van der Waals surface area contributed by atoms with Crippen molar-refractivity contribution in [2.24, 2.45) is 17.6 Å². The molecule has 0 aromatic rings. The lowest BCUT2D eigenvalue weighted by Crippen LogP contribution is -2.34. The molecule has 0 bridgehead atoms. The predicted octanol–water partition coefficient (Wildman–Crippen LogP) is 9.01. The van der Waals surface area contributed by atoms with Crippen LogP contribution in [-0.2, 0) is 42.3 Å². The minimum absolute atomic E-state index is 0.0000673. The molecule has 0 spiro atoms. The highest BCUT2D eigenvalue weighted by Gasteiger charge is 2.29. The molecule has 0 aliphatic heterocycles. The molecule has 1 unspecified atom stereocenters. The number of phosphoric ester groups is 1. The molecule has 0 fully saturated rings. The summed E-state index contributed by atoms with van der Waals surface area (Å²) in [7, 11) is -4.77. The lowest BCUT2D eigenvalue weighted by atomic mass is 9.90. The number of allylic oxidation sites excluding steroid dienone is 7. The number of hydrogen-bond acceptors (Lipinski definition) is 11. The molecule has 58 heavy (non-hydrogen) atoms. The van der Waals surface area contributed by atoms with E-state index >= 15 is 0 Å². The molecule has 1 rings (SSSR count). The molecule has 0 aromatic heterocycles. The van der Waals surface area contributed by atoms with Crippen LogP contribution in [0.15, 0.2) is 48.6 Å². The Labute approximate surface area is 347 Å². The summed E-state index contributed by atoms with van der Waals surface area (Å²) in [5, 5.41) is 19.1. The molecule has 0 aromatic carbocycles. The van der Waals surface area contributed by atoms with Gasteiger partial charge in [-0.15, -0.1) is 0 Å². The van der Waals surface area contributed by atoms with Crippen molar-refractivity contribution in [1.82, 2.24) is 0 Å². The number of carboxylic acid groups (broad SMARTS) is 1. The minimum Gasteiger partial charge on any atom is -0.480 e. The topological polar surface area (TPSA) is 209 Å². The lowest BCUT2D eigenvalue weighted by Gasteiger charge is -2.20. The standard InChI is InChI=1S/C44H74NO12P/c1-3-5-7-8-9-10-11-12-13-14-15-16-17-18-24-28-43(49)57-38(34-55-58(52,53)56-35-40(45)44(50)51)33-54-42(48)27-23-20-19-22-25-36-29-32-41(47)39(36)31-30-37(46)26-21-6-4-2/h12-13,19,22,29-32,36-40,46H,3-11,14-18,20-21,23-28,33-35,45H2,1-2H3,(H,50,51)(H,52,53)/b13-12-,22-19-,31-30+/t36-,37-,38+,39+,40-/m0/s1. The van der Waals surface area contributed by atoms with Crippen molar-refractivity contribution < 1.29 is 57.4 Å². The first-order valence-electron chi connectivity index (χ1n) is 21.7. The Morgan fingerprint density at radius 2 is 1.34 bits per heavy atom. The maximum absolute atomic E-state index is 12.6. The summed E-state index contributed by atoms with van der Waals surface area (Å²) in [6, 6.07) is -1.55. The number of aliphatic carboxylic acids is 1. The van der Waals surface area contributed by atoms with Crippen LogP contribution in [0.1, 0.15) is 155 Å². The number of carboxylic acids is 1. The van der Waals surface area contributed by atoms with Gasteiger partial charge in [-0.25, -0.2) is 4.57 Å². The third kappa shape index (κ3) is 28.5. The summed E-state index contributed by atoms with van der Waals surface area (Å²) in [6.07, 6.45) is 33.8. The van der Waals surface area contributed by atoms with Gasteiger partial charge in [0, 0.05) is 18.8 Å². The zero-order chi connectivity index (χ0) is 42.9. The predicted molar refractivity (Wildman–Crippen MR) is 226 cm³/mol. The highest BCUT2D eigenvalue weighted by Crippen LogP contribution is 2.43. The maximum atomic E-state index is 12.6. The van der Waals surface area contributed by atoms with Gasteiger partial charge in [-0.3, -0.25) is 28.2 Å². The van der Waals surface area contributed by atoms with Crippen molar-refractivity contribution in [3.63, 3.8) is 0 Å². The SMILES string of the molecule is CCCCCCCC/C=C\CCCCCCCC(=O)O[C@H](COC(=O)CCC/C=C\C[C@H]1C=CC(=O)[C@@H]1/C=C/[C@@H](O)CCCCC)COP(=O)(O)OC[C@H](N)C(=O)O. The largest absolute Gasteiger partial charge is 0.480 e. The van der Waals surface area contributed by atoms with Gasteiger partial charge in [0.1, 0.15) is 12.6 Å². The van der Waals surface area contributed by atoms with Gasteiger partial charge < -0.3 is 30.3 Å². The average Bonchev–Trinajstić information content (AvgIpc) is 3.55. The fraction of sp³-hybridized carbons (Fsp3) is 0.727. The number of ketones is 1. The van der Waals surface area contributed by atoms with Crippen LogP contribution < -0.4 is 5.73 Å². The number of ether oxygens (including phenoxy) is 2. The van der Waals surface area contributed by atoms with E-state index in [0.29, 0.717) is 32.1 Å². The molecule has 0 saturated carbocycles. The second-order valence-electron chi connectivity index (χ2n) is 15.1. The molecule has 5 N–H and O–H groups in total. The molecule has 0 heterocycles. The van der Waals surface area contributed by atoms with E-state index in [1.807, 2.05) is 24.3 Å². The molecule has 13 nitrogen and oxygen atoms in total. The summed E-state index contributed by atoms with van der Waals surface area (Å²) >= 11 is 0. The number of carbonyl (C=O) groups excluding carboxylic acids is 3. The molecule has 1 aliphatic rings. The zero-order valence-corrected chi connectivity index (χ0v) is 36.1. The molecule has 1 aliphatic carbocycles. The summed E-state index contributed by atoms with van der Waals surface area (Å²) in [5.74, 6) is -2.85. The molecule has 0 amide bonds. The Bertz CT molecular complexity index is 1320. The second-order valence-corrected chi connectivity index (χ2v) is 16.6. The van der Waals surface area contributed by atoms with E-state index in [0.717, 1.165) is 57.8 Å². The fourth-order valence-corrected chi connectivity index (χ4v) is 7.00. The van der Waals surface area contributed by atoms with Gasteiger partial charge in [-0.05, 0) is 69.8 Å². The van der Waals surface area contributed by atoms with Crippen molar-refractivity contribution >= 4 is 31.5 Å². The van der Waals surface area contributed by atoms with Gasteiger partial charge in [0.15, 0.2) is 11.9 Å². The van der Waals surface area contributed by atoms with Gasteiger partial charge in [0.05, 0.1) is 19.3 Å². The van der Waals surface area contributed by atoms with Gasteiger partial charge in [0.25, 0.3) is 0 Å². The van der Waals surface area contributed by atoms with Crippen LogP contribution in [0.2, 0.25) is 0 Å². The zero-order valence-electron chi connectivity index (χ0n) is 35.2. The van der Waals surface area contributed by atoms with Crippen LogP contribution >= 0.6 is 7.82 Å². The summed E-state index contributed by atoms with van der Waals surface area (Å²) in [5.41, 5.74) is 5.33. The third-order valence-corrected chi connectivity index (χ3v) is 10.7. The number of phosphoric acid groups is 1. The van der Waals surface area contributed by atoms with Gasteiger partial charge >= 0.3 is 25.7 Å². The van der Waals surface area contributed by atoms with Crippen LogP contribution in [-0.4, -0.2) is 76.9 Å². The number of unbranched alkanes of at least 4 members (excludes halogenated alkanes) is 14. The first-order valence-corrected chi connectivity index (χ1v) is 23.2. The number of rotatable bonds is 37. The second kappa shape index (κ2) is 33.9.